The summed E-state index contributed by atoms with van der Waals surface area (Å²) in [6.45, 7) is 5.20. The van der Waals surface area contributed by atoms with Gasteiger partial charge in [0.2, 0.25) is 17.8 Å². The molecule has 0 bridgehead atoms. The van der Waals surface area contributed by atoms with E-state index in [2.05, 4.69) is 25.1 Å². The minimum absolute atomic E-state index is 0.0996. The van der Waals surface area contributed by atoms with Crippen molar-refractivity contribution in [3.8, 4) is 0 Å². The topological polar surface area (TPSA) is 130 Å². The molecule has 9 nitrogen and oxygen atoms in total. The van der Waals surface area contributed by atoms with Gasteiger partial charge in [-0.2, -0.15) is 4.98 Å². The summed E-state index contributed by atoms with van der Waals surface area (Å²) < 4.78 is 0. The van der Waals surface area contributed by atoms with Crippen molar-refractivity contribution in [1.82, 2.24) is 14.9 Å². The summed E-state index contributed by atoms with van der Waals surface area (Å²) in [5, 5.41) is 2.83. The minimum Gasteiger partial charge on any atom is -0.368 e. The molecular weight excluding hydrogens is 346 g/mol. The van der Waals surface area contributed by atoms with Crippen LogP contribution in [0.15, 0.2) is 30.3 Å². The molecule has 0 spiro atoms. The zero-order valence-corrected chi connectivity index (χ0v) is 15.2. The number of carbonyl (C=O) groups is 2. The zero-order chi connectivity index (χ0) is 19.4. The van der Waals surface area contributed by atoms with Gasteiger partial charge in [0.05, 0.1) is 6.54 Å². The second-order valence-electron chi connectivity index (χ2n) is 6.48. The van der Waals surface area contributed by atoms with E-state index in [9.17, 15) is 9.59 Å². The van der Waals surface area contributed by atoms with Crippen molar-refractivity contribution in [2.45, 2.75) is 6.92 Å². The normalized spacial score (nSPS) is 14.8. The van der Waals surface area contributed by atoms with Gasteiger partial charge in [-0.25, -0.2) is 4.98 Å². The molecule has 0 unspecified atom stereocenters. The highest BCUT2D eigenvalue weighted by Crippen LogP contribution is 2.16. The molecule has 0 aliphatic carbocycles. The fourth-order valence-corrected chi connectivity index (χ4v) is 2.99. The van der Waals surface area contributed by atoms with Gasteiger partial charge in [-0.1, -0.05) is 0 Å². The molecule has 9 heteroatoms. The number of nitrogens with zero attached hydrogens (tertiary/aromatic N) is 4. The molecule has 1 aromatic heterocycles. The molecule has 1 aliphatic rings. The SMILES string of the molecule is Cc1cc(N2CCN(CC(=O)Nc3ccc(C(N)=O)cc3)CC2)nc(N)n1. The number of nitrogens with one attached hydrogen (secondary N) is 1. The van der Waals surface area contributed by atoms with Crippen molar-refractivity contribution in [2.24, 2.45) is 5.73 Å². The van der Waals surface area contributed by atoms with Gasteiger partial charge in [-0.05, 0) is 31.2 Å². The van der Waals surface area contributed by atoms with Crippen LogP contribution < -0.4 is 21.7 Å². The average Bonchev–Trinajstić information content (AvgIpc) is 2.62. The highest BCUT2D eigenvalue weighted by Gasteiger charge is 2.20. The number of carbonyl (C=O) groups excluding carboxylic acids is 2. The van der Waals surface area contributed by atoms with Crippen molar-refractivity contribution >= 4 is 29.3 Å². The molecule has 3 rings (SSSR count). The third-order valence-corrected chi connectivity index (χ3v) is 4.37. The lowest BCUT2D eigenvalue weighted by molar-refractivity contribution is -0.117. The summed E-state index contributed by atoms with van der Waals surface area (Å²) in [5.41, 5.74) is 12.8. The van der Waals surface area contributed by atoms with E-state index in [4.69, 9.17) is 11.5 Å². The van der Waals surface area contributed by atoms with Crippen molar-refractivity contribution in [2.75, 3.05) is 48.7 Å². The molecule has 0 atom stereocenters. The van der Waals surface area contributed by atoms with Crippen molar-refractivity contribution in [3.05, 3.63) is 41.6 Å². The Morgan fingerprint density at radius 2 is 1.78 bits per heavy atom. The number of anilines is 3. The number of amides is 2. The van der Waals surface area contributed by atoms with E-state index in [-0.39, 0.29) is 11.9 Å². The van der Waals surface area contributed by atoms with Gasteiger partial charge in [0, 0.05) is 49.2 Å². The van der Waals surface area contributed by atoms with Gasteiger partial charge in [0.25, 0.3) is 0 Å². The van der Waals surface area contributed by atoms with Gasteiger partial charge in [-0.15, -0.1) is 0 Å². The molecule has 27 heavy (non-hydrogen) atoms. The maximum absolute atomic E-state index is 12.2. The summed E-state index contributed by atoms with van der Waals surface area (Å²) in [6.07, 6.45) is 0. The molecule has 1 aromatic carbocycles. The first-order valence-electron chi connectivity index (χ1n) is 8.69. The van der Waals surface area contributed by atoms with Crippen LogP contribution in [0.2, 0.25) is 0 Å². The Morgan fingerprint density at radius 3 is 2.37 bits per heavy atom. The third-order valence-electron chi connectivity index (χ3n) is 4.37. The predicted molar refractivity (Wildman–Crippen MR) is 103 cm³/mol. The molecule has 1 aliphatic heterocycles. The maximum atomic E-state index is 12.2. The minimum atomic E-state index is -0.494. The van der Waals surface area contributed by atoms with Crippen LogP contribution >= 0.6 is 0 Å². The van der Waals surface area contributed by atoms with Gasteiger partial charge in [0.1, 0.15) is 5.82 Å². The third kappa shape index (κ3) is 4.91. The monoisotopic (exact) mass is 369 g/mol. The molecule has 2 amide bonds. The van der Waals surface area contributed by atoms with Crippen LogP contribution in [-0.4, -0.2) is 59.4 Å². The van der Waals surface area contributed by atoms with Crippen LogP contribution in [0.5, 0.6) is 0 Å². The number of nitrogen functional groups attached to an aromatic ring is 1. The molecule has 5 N–H and O–H groups in total. The fraction of sp³-hybridized carbons (Fsp3) is 0.333. The Kier molecular flexibility index (Phi) is 5.51. The number of primary amides is 1. The van der Waals surface area contributed by atoms with Gasteiger partial charge in [0.15, 0.2) is 0 Å². The van der Waals surface area contributed by atoms with Crippen molar-refractivity contribution in [1.29, 1.82) is 0 Å². The van der Waals surface area contributed by atoms with E-state index in [0.717, 1.165) is 37.7 Å². The summed E-state index contributed by atoms with van der Waals surface area (Å²) in [4.78, 5) is 35.9. The summed E-state index contributed by atoms with van der Waals surface area (Å²) >= 11 is 0. The van der Waals surface area contributed by atoms with Crippen molar-refractivity contribution < 1.29 is 9.59 Å². The molecule has 1 saturated heterocycles. The standard InChI is InChI=1S/C18H23N7O2/c1-12-10-15(23-18(20)21-12)25-8-6-24(7-9-25)11-16(26)22-14-4-2-13(3-5-14)17(19)27/h2-5,10H,6-9,11H2,1H3,(H2,19,27)(H,22,26)(H2,20,21,23). The summed E-state index contributed by atoms with van der Waals surface area (Å²) in [7, 11) is 0. The molecule has 142 valence electrons. The Morgan fingerprint density at radius 1 is 1.11 bits per heavy atom. The number of aryl methyl sites for hydroxylation is 1. The highest BCUT2D eigenvalue weighted by atomic mass is 16.2. The van der Waals surface area contributed by atoms with E-state index < -0.39 is 5.91 Å². The first-order valence-corrected chi connectivity index (χ1v) is 8.69. The summed E-state index contributed by atoms with van der Waals surface area (Å²) in [5.74, 6) is 0.497. The van der Waals surface area contributed by atoms with E-state index >= 15 is 0 Å². The number of rotatable bonds is 5. The number of hydrogen-bond acceptors (Lipinski definition) is 7. The Labute approximate surface area is 157 Å². The first kappa shape index (κ1) is 18.6. The lowest BCUT2D eigenvalue weighted by Gasteiger charge is -2.35. The van der Waals surface area contributed by atoms with Gasteiger partial charge >= 0.3 is 0 Å². The second-order valence-corrected chi connectivity index (χ2v) is 6.48. The van der Waals surface area contributed by atoms with E-state index in [1.54, 1.807) is 24.3 Å². The van der Waals surface area contributed by atoms with E-state index in [1.165, 1.54) is 0 Å². The van der Waals surface area contributed by atoms with Crippen molar-refractivity contribution in [3.63, 3.8) is 0 Å². The first-order chi connectivity index (χ1) is 12.9. The van der Waals surface area contributed by atoms with Crippen LogP contribution in [0, 0.1) is 6.92 Å². The predicted octanol–water partition coefficient (Wildman–Crippen LogP) is 0.227. The number of benzene rings is 1. The average molecular weight is 369 g/mol. The van der Waals surface area contributed by atoms with Crippen LogP contribution in [0.3, 0.4) is 0 Å². The Balaban J connectivity index is 1.49. The number of nitrogens with two attached hydrogens (primary N) is 2. The quantitative estimate of drug-likeness (QED) is 0.687. The molecule has 1 fully saturated rings. The highest BCUT2D eigenvalue weighted by molar-refractivity contribution is 5.95. The van der Waals surface area contributed by atoms with E-state index in [0.29, 0.717) is 17.8 Å². The Bertz CT molecular complexity index is 810. The van der Waals surface area contributed by atoms with Crippen LogP contribution in [-0.2, 0) is 4.79 Å². The molecule has 0 saturated carbocycles. The Hall–Kier alpha value is -3.20. The smallest absolute Gasteiger partial charge is 0.248 e. The van der Waals surface area contributed by atoms with Gasteiger partial charge < -0.3 is 21.7 Å². The lowest BCUT2D eigenvalue weighted by atomic mass is 10.2. The number of aromatic nitrogens is 2. The van der Waals surface area contributed by atoms with Crippen LogP contribution in [0.25, 0.3) is 0 Å². The maximum Gasteiger partial charge on any atom is 0.248 e. The molecule has 0 radical (unpaired) electrons. The largest absolute Gasteiger partial charge is 0.368 e. The molecule has 2 aromatic rings. The molecular formula is C18H23N7O2. The molecule has 2 heterocycles. The number of piperazine rings is 1. The lowest BCUT2D eigenvalue weighted by Crippen LogP contribution is -2.49. The van der Waals surface area contributed by atoms with Gasteiger partial charge in [-0.3, -0.25) is 14.5 Å². The fourth-order valence-electron chi connectivity index (χ4n) is 2.99. The van der Waals surface area contributed by atoms with E-state index in [1.807, 2.05) is 13.0 Å². The number of hydrogen-bond donors (Lipinski definition) is 3. The second kappa shape index (κ2) is 8.00. The summed E-state index contributed by atoms with van der Waals surface area (Å²) in [6, 6.07) is 8.42. The van der Waals surface area contributed by atoms with Crippen LogP contribution in [0.1, 0.15) is 16.1 Å². The van der Waals surface area contributed by atoms with Crippen LogP contribution in [0.4, 0.5) is 17.5 Å². The zero-order valence-electron chi connectivity index (χ0n) is 15.2.